The molecule has 4 heterocycles. The number of carbonyl (C=O) groups is 2. The molecule has 4 atom stereocenters. The van der Waals surface area contributed by atoms with Crippen molar-refractivity contribution in [1.82, 2.24) is 24.8 Å². The van der Waals surface area contributed by atoms with Crippen molar-refractivity contribution in [2.45, 2.75) is 63.1 Å². The van der Waals surface area contributed by atoms with Crippen molar-refractivity contribution in [3.8, 4) is 17.4 Å². The van der Waals surface area contributed by atoms with Gasteiger partial charge in [-0.15, -0.1) is 0 Å². The Morgan fingerprint density at radius 3 is 1.88 bits per heavy atom. The highest BCUT2D eigenvalue weighted by atomic mass is 28.4. The number of nitrogens with zero attached hydrogens (tertiary/aromatic N) is 5. The summed E-state index contributed by atoms with van der Waals surface area (Å²) in [4.78, 5) is 43.1. The topological polar surface area (TPSA) is 160 Å². The molecule has 2 aliphatic rings. The standard InChI is InChI=1S/C52H55N7O8Si/c1-34(2)46(60)56-49-55-45-43(47(57-49)65-50(61)59(38-19-13-9-14-20-38)39-21-15-10-16-22-39)54-33-58(45)48-42-44(67-68(5,6)7)51(66-48,31-53-42)32-64-52(35-17-11-8-12-18-35,36-23-27-40(62-3)28-24-36)37-25-29-41(63-4)30-26-37/h8-30,33-34,42,44,48,53H,31-32H2,1-7H3,(H,55,56,57,60)/t42-,44+,48-,51-/m1/s1. The molecule has 9 rings (SSSR count). The van der Waals surface area contributed by atoms with Crippen LogP contribution in [0.5, 0.6) is 17.4 Å². The molecule has 0 saturated carbocycles. The molecule has 2 bridgehead atoms. The fraction of sp³-hybridized carbons (Fsp3) is 0.288. The fourth-order valence-electron chi connectivity index (χ4n) is 8.86. The maximum Gasteiger partial charge on any atom is 0.425 e. The minimum Gasteiger partial charge on any atom is -0.497 e. The number of amides is 2. The minimum absolute atomic E-state index is 0.0672. The summed E-state index contributed by atoms with van der Waals surface area (Å²) in [5, 5.41) is 6.53. The van der Waals surface area contributed by atoms with E-state index in [1.165, 1.54) is 4.90 Å². The summed E-state index contributed by atoms with van der Waals surface area (Å²) in [6, 6.07) is 43.8. The third-order valence-corrected chi connectivity index (χ3v) is 13.1. The molecule has 2 amide bonds. The van der Waals surface area contributed by atoms with Gasteiger partial charge in [-0.25, -0.2) is 14.7 Å². The molecule has 15 nitrogen and oxygen atoms in total. The Balaban J connectivity index is 1.13. The Kier molecular flexibility index (Phi) is 12.9. The van der Waals surface area contributed by atoms with Gasteiger partial charge in [-0.1, -0.05) is 105 Å². The zero-order valence-electron chi connectivity index (χ0n) is 39.1. The molecule has 0 radical (unpaired) electrons. The van der Waals surface area contributed by atoms with E-state index >= 15 is 0 Å². The quantitative estimate of drug-likeness (QED) is 0.0700. The highest BCUT2D eigenvalue weighted by Gasteiger charge is 2.63. The van der Waals surface area contributed by atoms with Gasteiger partial charge < -0.3 is 33.4 Å². The lowest BCUT2D eigenvalue weighted by Crippen LogP contribution is -2.52. The molecule has 2 N–H and O–H groups in total. The Bertz CT molecular complexity index is 2780. The molecule has 2 aliphatic heterocycles. The van der Waals surface area contributed by atoms with Crippen LogP contribution in [0.2, 0.25) is 19.6 Å². The number of para-hydroxylation sites is 2. The summed E-state index contributed by atoms with van der Waals surface area (Å²) in [5.74, 6) is 0.490. The first-order valence-corrected chi connectivity index (χ1v) is 26.0. The number of hydrogen-bond acceptors (Lipinski definition) is 12. The van der Waals surface area contributed by atoms with Gasteiger partial charge in [0.05, 0.1) is 50.7 Å². The number of aromatic nitrogens is 4. The molecule has 350 valence electrons. The Morgan fingerprint density at radius 1 is 0.809 bits per heavy atom. The van der Waals surface area contributed by atoms with Crippen LogP contribution in [-0.2, 0) is 24.3 Å². The van der Waals surface area contributed by atoms with Crippen molar-refractivity contribution in [3.05, 3.63) is 163 Å². The first-order chi connectivity index (χ1) is 32.8. The molecule has 2 fully saturated rings. The minimum atomic E-state index is -2.26. The Hall–Kier alpha value is -6.95. The van der Waals surface area contributed by atoms with E-state index in [0.717, 1.165) is 16.7 Å². The summed E-state index contributed by atoms with van der Waals surface area (Å²) < 4.78 is 41.0. The Labute approximate surface area is 396 Å². The largest absolute Gasteiger partial charge is 0.497 e. The second kappa shape index (κ2) is 19.0. The van der Waals surface area contributed by atoms with E-state index in [1.54, 1.807) is 39.0 Å². The van der Waals surface area contributed by atoms with Crippen LogP contribution in [0.3, 0.4) is 0 Å². The zero-order chi connectivity index (χ0) is 47.6. The van der Waals surface area contributed by atoms with Crippen LogP contribution in [0, 0.1) is 5.92 Å². The molecule has 7 aromatic rings. The maximum absolute atomic E-state index is 14.4. The van der Waals surface area contributed by atoms with E-state index in [1.807, 2.05) is 127 Å². The summed E-state index contributed by atoms with van der Waals surface area (Å²) >= 11 is 0. The van der Waals surface area contributed by atoms with E-state index in [2.05, 4.69) is 47.4 Å². The van der Waals surface area contributed by atoms with Crippen molar-refractivity contribution in [3.63, 3.8) is 0 Å². The summed E-state index contributed by atoms with van der Waals surface area (Å²) in [6.07, 6.45) is -0.385. The monoisotopic (exact) mass is 933 g/mol. The summed E-state index contributed by atoms with van der Waals surface area (Å²) in [5.41, 5.74) is 2.08. The molecule has 5 aromatic carbocycles. The number of nitrogens with one attached hydrogen (secondary N) is 2. The highest BCUT2D eigenvalue weighted by molar-refractivity contribution is 6.69. The van der Waals surface area contributed by atoms with Crippen molar-refractivity contribution < 1.29 is 37.7 Å². The zero-order valence-corrected chi connectivity index (χ0v) is 40.1. The molecule has 2 saturated heterocycles. The van der Waals surface area contributed by atoms with E-state index in [4.69, 9.17) is 38.1 Å². The molecule has 2 aromatic heterocycles. The lowest BCUT2D eigenvalue weighted by atomic mass is 9.79. The molecular formula is C52H55N7O8Si. The van der Waals surface area contributed by atoms with Crippen molar-refractivity contribution in [2.24, 2.45) is 5.92 Å². The maximum atomic E-state index is 14.4. The number of morpholine rings is 1. The number of carbonyl (C=O) groups excluding carboxylic acids is 2. The second-order valence-corrected chi connectivity index (χ2v) is 22.6. The number of anilines is 3. The third-order valence-electron chi connectivity index (χ3n) is 12.1. The van der Waals surface area contributed by atoms with Gasteiger partial charge in [0, 0.05) is 12.5 Å². The van der Waals surface area contributed by atoms with Crippen LogP contribution in [0.4, 0.5) is 22.1 Å². The van der Waals surface area contributed by atoms with Crippen molar-refractivity contribution in [1.29, 1.82) is 0 Å². The average molecular weight is 934 g/mol. The third kappa shape index (κ3) is 8.96. The molecule has 68 heavy (non-hydrogen) atoms. The lowest BCUT2D eigenvalue weighted by molar-refractivity contribution is -0.159. The predicted octanol–water partition coefficient (Wildman–Crippen LogP) is 9.24. The van der Waals surface area contributed by atoms with E-state index in [9.17, 15) is 9.59 Å². The highest BCUT2D eigenvalue weighted by Crippen LogP contribution is 2.49. The van der Waals surface area contributed by atoms with Crippen LogP contribution in [0.1, 0.15) is 36.8 Å². The molecule has 16 heteroatoms. The van der Waals surface area contributed by atoms with Crippen molar-refractivity contribution >= 4 is 48.8 Å². The van der Waals surface area contributed by atoms with E-state index in [-0.39, 0.29) is 35.5 Å². The average Bonchev–Trinajstić information content (AvgIpc) is 4.02. The first-order valence-electron chi connectivity index (χ1n) is 22.6. The molecular weight excluding hydrogens is 879 g/mol. The molecule has 0 aliphatic carbocycles. The van der Waals surface area contributed by atoms with Gasteiger partial charge in [-0.3, -0.25) is 14.7 Å². The summed E-state index contributed by atoms with van der Waals surface area (Å²) in [7, 11) is 1.02. The number of fused-ring (bicyclic) bond motifs is 3. The number of rotatable bonds is 16. The molecule has 0 unspecified atom stereocenters. The fourth-order valence-corrected chi connectivity index (χ4v) is 9.99. The van der Waals surface area contributed by atoms with Gasteiger partial charge in [0.2, 0.25) is 11.9 Å². The van der Waals surface area contributed by atoms with Crippen molar-refractivity contribution in [2.75, 3.05) is 37.6 Å². The van der Waals surface area contributed by atoms with Gasteiger partial charge in [0.1, 0.15) is 22.7 Å². The van der Waals surface area contributed by atoms with E-state index < -0.39 is 49.9 Å². The number of benzene rings is 5. The predicted molar refractivity (Wildman–Crippen MR) is 261 cm³/mol. The van der Waals surface area contributed by atoms with Crippen LogP contribution in [-0.4, -0.2) is 85.0 Å². The number of methoxy groups -OCH3 is 2. The van der Waals surface area contributed by atoms with Crippen LogP contribution >= 0.6 is 0 Å². The van der Waals surface area contributed by atoms with Crippen LogP contribution in [0.25, 0.3) is 11.2 Å². The van der Waals surface area contributed by atoms with Gasteiger partial charge in [0.25, 0.3) is 5.88 Å². The summed E-state index contributed by atoms with van der Waals surface area (Å²) in [6.45, 7) is 10.5. The van der Waals surface area contributed by atoms with Gasteiger partial charge in [0.15, 0.2) is 25.7 Å². The number of hydrogen-bond donors (Lipinski definition) is 2. The van der Waals surface area contributed by atoms with Crippen LogP contribution in [0.15, 0.2) is 146 Å². The van der Waals surface area contributed by atoms with E-state index in [0.29, 0.717) is 29.4 Å². The first kappa shape index (κ1) is 46.2. The van der Waals surface area contributed by atoms with Gasteiger partial charge in [-0.05, 0) is 84.9 Å². The van der Waals surface area contributed by atoms with Crippen LogP contribution < -0.4 is 29.7 Å². The van der Waals surface area contributed by atoms with Gasteiger partial charge in [-0.2, -0.15) is 9.97 Å². The SMILES string of the molecule is COc1ccc(C(OC[C@@]23CN[C@@H]([C@H](n4cnc5c(OC(=O)N(c6ccccc6)c6ccccc6)nc(NC(=O)C(C)C)nc54)O2)[C@@H]3O[Si](C)(C)C)(c2ccccc2)c2ccc(OC)cc2)cc1. The second-order valence-electron chi connectivity index (χ2n) is 18.1. The normalized spacial score (nSPS) is 19.0. The number of ether oxygens (including phenoxy) is 5. The molecule has 0 spiro atoms. The lowest BCUT2D eigenvalue weighted by Gasteiger charge is -2.41. The smallest absolute Gasteiger partial charge is 0.425 e. The number of imidazole rings is 1. The Morgan fingerprint density at radius 2 is 1.35 bits per heavy atom. The van der Waals surface area contributed by atoms with Gasteiger partial charge >= 0.3 is 6.09 Å².